The van der Waals surface area contributed by atoms with Crippen LogP contribution in [0.1, 0.15) is 32.8 Å². The van der Waals surface area contributed by atoms with Gasteiger partial charge in [-0.25, -0.2) is 4.79 Å². The van der Waals surface area contributed by atoms with Crippen LogP contribution in [0, 0.1) is 6.92 Å². The van der Waals surface area contributed by atoms with Gasteiger partial charge in [0.2, 0.25) is 0 Å². The fourth-order valence-corrected chi connectivity index (χ4v) is 3.74. The number of hydrogen-bond acceptors (Lipinski definition) is 6. The Morgan fingerprint density at radius 1 is 1.42 bits per heavy atom. The summed E-state index contributed by atoms with van der Waals surface area (Å²) in [5, 5.41) is 19.7. The monoisotopic (exact) mass is 386 g/mol. The Morgan fingerprint density at radius 2 is 2.04 bits per heavy atom. The third-order valence-electron chi connectivity index (χ3n) is 5.53. The summed E-state index contributed by atoms with van der Waals surface area (Å²) in [6, 6.07) is 0. The summed E-state index contributed by atoms with van der Waals surface area (Å²) in [6.45, 7) is 11.7. The van der Waals surface area contributed by atoms with E-state index in [1.54, 1.807) is 6.92 Å². The number of aryl methyl sites for hydroxylation is 1. The molecule has 9 heteroatoms. The van der Waals surface area contributed by atoms with Gasteiger partial charge in [0.25, 0.3) is 5.56 Å². The second kappa shape index (κ2) is 7.04. The molecule has 2 rings (SSSR count). The van der Waals surface area contributed by atoms with E-state index < -0.39 is 37.5 Å². The third-order valence-corrected chi connectivity index (χ3v) is 10.0. The van der Waals surface area contributed by atoms with Crippen molar-refractivity contribution >= 4 is 8.32 Å². The van der Waals surface area contributed by atoms with E-state index in [0.29, 0.717) is 5.56 Å². The van der Waals surface area contributed by atoms with Crippen LogP contribution in [-0.2, 0) is 14.9 Å². The van der Waals surface area contributed by atoms with Crippen molar-refractivity contribution in [2.75, 3.05) is 13.2 Å². The highest BCUT2D eigenvalue weighted by Crippen LogP contribution is 2.40. The minimum absolute atomic E-state index is 0.0441. The topological polar surface area (TPSA) is 114 Å². The first-order valence-electron chi connectivity index (χ1n) is 8.77. The number of H-pyrrole nitrogens is 1. The van der Waals surface area contributed by atoms with Crippen LogP contribution in [0.4, 0.5) is 0 Å². The van der Waals surface area contributed by atoms with E-state index in [1.165, 1.54) is 10.8 Å². The molecule has 3 atom stereocenters. The highest BCUT2D eigenvalue weighted by atomic mass is 28.4. The lowest BCUT2D eigenvalue weighted by Gasteiger charge is -2.40. The molecular weight excluding hydrogens is 356 g/mol. The molecule has 1 aromatic rings. The first-order chi connectivity index (χ1) is 11.8. The van der Waals surface area contributed by atoms with Gasteiger partial charge in [-0.1, -0.05) is 20.8 Å². The minimum Gasteiger partial charge on any atom is -0.412 e. The van der Waals surface area contributed by atoms with Gasteiger partial charge in [-0.3, -0.25) is 14.3 Å². The summed E-state index contributed by atoms with van der Waals surface area (Å²) < 4.78 is 13.5. The van der Waals surface area contributed by atoms with E-state index in [4.69, 9.17) is 9.16 Å². The molecular formula is C17H30N2O6Si. The number of hydrogen-bond donors (Lipinski definition) is 3. The standard InChI is InChI=1S/C17H30N2O6Si/c1-11-8-19(15(23)18-14(11)22)17(7-12(21)13(9-20)25-17)10-24-26(5,6)16(2,3)4/h8,12-13,20-21H,7,9-10H2,1-6H3,(H,18,22,23)/t12-,13+,17-/m0/s1. The molecule has 1 aromatic heterocycles. The van der Waals surface area contributed by atoms with Crippen LogP contribution in [0.25, 0.3) is 0 Å². The van der Waals surface area contributed by atoms with Crippen LogP contribution in [0.15, 0.2) is 15.8 Å². The molecule has 148 valence electrons. The molecule has 8 nitrogen and oxygen atoms in total. The molecule has 0 spiro atoms. The molecule has 1 aliphatic rings. The first kappa shape index (κ1) is 21.0. The van der Waals surface area contributed by atoms with Crippen molar-refractivity contribution < 1.29 is 19.4 Å². The Morgan fingerprint density at radius 3 is 2.54 bits per heavy atom. The number of aromatic amines is 1. The molecule has 0 aromatic carbocycles. The van der Waals surface area contributed by atoms with Crippen LogP contribution in [-0.4, -0.2) is 53.5 Å². The van der Waals surface area contributed by atoms with Gasteiger partial charge >= 0.3 is 5.69 Å². The average molecular weight is 387 g/mol. The van der Waals surface area contributed by atoms with Crippen molar-refractivity contribution in [2.24, 2.45) is 0 Å². The fraction of sp³-hybridized carbons (Fsp3) is 0.765. The number of nitrogens with zero attached hydrogens (tertiary/aromatic N) is 1. The molecule has 2 heterocycles. The highest BCUT2D eigenvalue weighted by Gasteiger charge is 2.50. The molecule has 3 N–H and O–H groups in total. The van der Waals surface area contributed by atoms with Crippen LogP contribution in [0.3, 0.4) is 0 Å². The minimum atomic E-state index is -2.16. The Bertz CT molecular complexity index is 766. The maximum atomic E-state index is 12.4. The average Bonchev–Trinajstić information content (AvgIpc) is 2.85. The van der Waals surface area contributed by atoms with E-state index in [1.807, 2.05) is 0 Å². The van der Waals surface area contributed by atoms with Gasteiger partial charge in [0.1, 0.15) is 6.10 Å². The Labute approximate surface area is 153 Å². The zero-order valence-electron chi connectivity index (χ0n) is 16.3. The number of ether oxygens (including phenoxy) is 1. The second-order valence-corrected chi connectivity index (χ2v) is 13.4. The lowest BCUT2D eigenvalue weighted by atomic mass is 10.1. The summed E-state index contributed by atoms with van der Waals surface area (Å²) in [4.78, 5) is 26.4. The summed E-state index contributed by atoms with van der Waals surface area (Å²) in [7, 11) is -2.16. The summed E-state index contributed by atoms with van der Waals surface area (Å²) in [6.07, 6.45) is -0.264. The normalized spacial score (nSPS) is 27.1. The predicted octanol–water partition coefficient (Wildman–Crippen LogP) is 0.662. The van der Waals surface area contributed by atoms with Gasteiger partial charge < -0.3 is 19.4 Å². The Kier molecular flexibility index (Phi) is 5.70. The summed E-state index contributed by atoms with van der Waals surface area (Å²) in [5.74, 6) is 0. The smallest absolute Gasteiger partial charge is 0.330 e. The van der Waals surface area contributed by atoms with Crippen LogP contribution in [0.2, 0.25) is 18.1 Å². The van der Waals surface area contributed by atoms with Crippen molar-refractivity contribution in [1.82, 2.24) is 9.55 Å². The highest BCUT2D eigenvalue weighted by molar-refractivity contribution is 6.74. The van der Waals surface area contributed by atoms with Crippen molar-refractivity contribution in [1.29, 1.82) is 0 Å². The van der Waals surface area contributed by atoms with Gasteiger partial charge in [-0.15, -0.1) is 0 Å². The van der Waals surface area contributed by atoms with Crippen molar-refractivity contribution in [3.05, 3.63) is 32.6 Å². The van der Waals surface area contributed by atoms with Crippen molar-refractivity contribution in [3.8, 4) is 0 Å². The molecule has 1 aliphatic heterocycles. The van der Waals surface area contributed by atoms with Gasteiger partial charge in [-0.2, -0.15) is 0 Å². The largest absolute Gasteiger partial charge is 0.412 e. The van der Waals surface area contributed by atoms with Crippen molar-refractivity contribution in [2.45, 2.75) is 70.2 Å². The van der Waals surface area contributed by atoms with E-state index >= 15 is 0 Å². The Hall–Kier alpha value is -1.26. The maximum absolute atomic E-state index is 12.4. The van der Waals surface area contributed by atoms with Crippen LogP contribution >= 0.6 is 0 Å². The molecule has 0 unspecified atom stereocenters. The molecule has 0 radical (unpaired) electrons. The number of nitrogens with one attached hydrogen (secondary N) is 1. The number of aliphatic hydroxyl groups excluding tert-OH is 2. The quantitative estimate of drug-likeness (QED) is 0.641. The van der Waals surface area contributed by atoms with Gasteiger partial charge in [-0.05, 0) is 25.1 Å². The molecule has 26 heavy (non-hydrogen) atoms. The van der Waals surface area contributed by atoms with Crippen molar-refractivity contribution in [3.63, 3.8) is 0 Å². The molecule has 1 saturated heterocycles. The van der Waals surface area contributed by atoms with E-state index in [-0.39, 0.29) is 24.7 Å². The zero-order chi connectivity index (χ0) is 19.9. The maximum Gasteiger partial charge on any atom is 0.330 e. The lowest BCUT2D eigenvalue weighted by Crippen LogP contribution is -2.51. The molecule has 0 bridgehead atoms. The summed E-state index contributed by atoms with van der Waals surface area (Å²) in [5.41, 5.74) is -2.04. The SMILES string of the molecule is Cc1cn([C@@]2(CO[Si](C)(C)C(C)(C)C)C[C@H](O)[C@@H](CO)O2)c(=O)[nH]c1=O. The summed E-state index contributed by atoms with van der Waals surface area (Å²) >= 11 is 0. The van der Waals surface area contributed by atoms with Crippen LogP contribution < -0.4 is 11.2 Å². The molecule has 0 aliphatic carbocycles. The van der Waals surface area contributed by atoms with Gasteiger partial charge in [0.05, 0.1) is 19.3 Å². The van der Waals surface area contributed by atoms with Gasteiger partial charge in [0.15, 0.2) is 14.0 Å². The zero-order valence-corrected chi connectivity index (χ0v) is 17.3. The molecule has 0 saturated carbocycles. The second-order valence-electron chi connectivity index (χ2n) is 8.55. The van der Waals surface area contributed by atoms with Gasteiger partial charge in [0, 0.05) is 18.2 Å². The van der Waals surface area contributed by atoms with E-state index in [0.717, 1.165) is 0 Å². The Balaban J connectivity index is 2.48. The number of aromatic nitrogens is 2. The predicted molar refractivity (Wildman–Crippen MR) is 99.8 cm³/mol. The molecule has 0 amide bonds. The van der Waals surface area contributed by atoms with Crippen LogP contribution in [0.5, 0.6) is 0 Å². The number of rotatable bonds is 5. The first-order valence-corrected chi connectivity index (χ1v) is 11.7. The third kappa shape index (κ3) is 3.86. The molecule has 1 fully saturated rings. The van der Waals surface area contributed by atoms with E-state index in [9.17, 15) is 19.8 Å². The fourth-order valence-electron chi connectivity index (χ4n) is 2.72. The lowest BCUT2D eigenvalue weighted by molar-refractivity contribution is -0.140. The number of aliphatic hydroxyl groups is 2. The van der Waals surface area contributed by atoms with E-state index in [2.05, 4.69) is 38.8 Å².